The second-order valence-corrected chi connectivity index (χ2v) is 12.7. The quantitative estimate of drug-likeness (QED) is 0.157. The first-order chi connectivity index (χ1) is 16.3. The molecule has 1 N–H and O–H groups in total. The fraction of sp³-hybridized carbons (Fsp3) is 1.00. The van der Waals surface area contributed by atoms with Crippen molar-refractivity contribution in [3.8, 4) is 0 Å². The molecule has 0 aliphatic carbocycles. The van der Waals surface area contributed by atoms with Gasteiger partial charge in [-0.2, -0.15) is 0 Å². The van der Waals surface area contributed by atoms with Gasteiger partial charge in [0, 0.05) is 17.1 Å². The smallest absolute Gasteiger partial charge is 0.0458 e. The summed E-state index contributed by atoms with van der Waals surface area (Å²) in [5.41, 5.74) is -0.515. The second-order valence-electron chi connectivity index (χ2n) is 12.7. The summed E-state index contributed by atoms with van der Waals surface area (Å²) in [6.07, 6.45) is 30.6. The van der Waals surface area contributed by atoms with Gasteiger partial charge in [-0.05, 0) is 53.5 Å². The average molecular weight is 480 g/mol. The van der Waals surface area contributed by atoms with E-state index < -0.39 is 0 Å². The largest absolute Gasteiger partial charge is 0.314 e. The molecule has 0 amide bonds. The topological polar surface area (TPSA) is 35.2 Å². The summed E-state index contributed by atoms with van der Waals surface area (Å²) in [7, 11) is 0. The van der Waals surface area contributed by atoms with Crippen LogP contribution in [0.3, 0.4) is 0 Å². The number of nitrogens with one attached hydrogen (secondary N) is 1. The Kier molecular flexibility index (Phi) is 17.9. The molecule has 34 heavy (non-hydrogen) atoms. The molecule has 0 atom stereocenters. The molecule has 0 aromatic carbocycles. The Morgan fingerprint density at radius 3 is 1.18 bits per heavy atom. The molecule has 0 aromatic heterocycles. The predicted molar refractivity (Wildman–Crippen MR) is 150 cm³/mol. The molecule has 0 aromatic rings. The van der Waals surface area contributed by atoms with Crippen LogP contribution in [0.4, 0.5) is 0 Å². The van der Waals surface area contributed by atoms with Crippen LogP contribution in [-0.4, -0.2) is 28.7 Å². The van der Waals surface area contributed by atoms with Gasteiger partial charge in [0.1, 0.15) is 0 Å². The van der Waals surface area contributed by atoms with Gasteiger partial charge in [0.05, 0.1) is 0 Å². The lowest BCUT2D eigenvalue weighted by atomic mass is 9.79. The van der Waals surface area contributed by atoms with E-state index in [-0.39, 0.29) is 11.1 Å². The molecule has 0 spiro atoms. The van der Waals surface area contributed by atoms with Crippen molar-refractivity contribution < 1.29 is 5.21 Å². The van der Waals surface area contributed by atoms with Gasteiger partial charge in [-0.1, -0.05) is 129 Å². The van der Waals surface area contributed by atoms with Crippen molar-refractivity contribution in [2.45, 2.75) is 193 Å². The van der Waals surface area contributed by atoms with E-state index in [2.05, 4.69) is 39.9 Å². The minimum atomic E-state index is -0.257. The van der Waals surface area contributed by atoms with Gasteiger partial charge < -0.3 is 5.32 Å². The molecule has 1 aliphatic heterocycles. The van der Waals surface area contributed by atoms with Gasteiger partial charge in [0.25, 0.3) is 0 Å². The third-order valence-corrected chi connectivity index (χ3v) is 8.05. The lowest BCUT2D eigenvalue weighted by Gasteiger charge is -2.50. The third-order valence-electron chi connectivity index (χ3n) is 8.05. The van der Waals surface area contributed by atoms with Crippen LogP contribution in [0.25, 0.3) is 0 Å². The van der Waals surface area contributed by atoms with Crippen molar-refractivity contribution >= 4 is 0 Å². The first kappa shape index (κ1) is 31.9. The van der Waals surface area contributed by atoms with Gasteiger partial charge in [0.15, 0.2) is 0 Å². The van der Waals surface area contributed by atoms with Crippen molar-refractivity contribution in [3.63, 3.8) is 0 Å². The van der Waals surface area contributed by atoms with Crippen molar-refractivity contribution in [1.82, 2.24) is 10.4 Å². The van der Waals surface area contributed by atoms with Crippen LogP contribution in [0.5, 0.6) is 0 Å². The summed E-state index contributed by atoms with van der Waals surface area (Å²) in [4.78, 5) is 0. The Bertz CT molecular complexity index is 444. The minimum Gasteiger partial charge on any atom is -0.314 e. The Morgan fingerprint density at radius 2 is 0.853 bits per heavy atom. The van der Waals surface area contributed by atoms with E-state index in [1.165, 1.54) is 133 Å². The van der Waals surface area contributed by atoms with Gasteiger partial charge in [-0.25, -0.2) is 0 Å². The van der Waals surface area contributed by atoms with Gasteiger partial charge in [-0.15, -0.1) is 10.3 Å². The number of piperidine rings is 1. The maximum atomic E-state index is 12.5. The molecule has 3 heteroatoms. The van der Waals surface area contributed by atoms with Crippen LogP contribution < -0.4 is 5.32 Å². The lowest BCUT2D eigenvalue weighted by molar-refractivity contribution is -0.290. The molecule has 1 heterocycles. The van der Waals surface area contributed by atoms with Crippen molar-refractivity contribution in [2.75, 3.05) is 6.54 Å². The average Bonchev–Trinajstić information content (AvgIpc) is 2.78. The zero-order chi connectivity index (χ0) is 25.1. The monoisotopic (exact) mass is 479 g/mol. The van der Waals surface area contributed by atoms with E-state index in [0.717, 1.165) is 19.4 Å². The fourth-order valence-electron chi connectivity index (χ4n) is 6.09. The Labute approximate surface area is 215 Å². The van der Waals surface area contributed by atoms with E-state index in [1.807, 2.05) is 0 Å². The summed E-state index contributed by atoms with van der Waals surface area (Å²) < 4.78 is 0. The Morgan fingerprint density at radius 1 is 0.559 bits per heavy atom. The standard InChI is InChI=1S/C31H63N2O/c1-6-7-8-9-10-11-12-13-14-15-16-17-18-19-20-21-22-23-24-25-26-32-29-27-30(2,3)33(34)31(4,5)28-29/h29,32H,6-28H2,1-5H3. The van der Waals surface area contributed by atoms with E-state index >= 15 is 0 Å². The highest BCUT2D eigenvalue weighted by Crippen LogP contribution is 2.36. The minimum absolute atomic E-state index is 0.257. The number of hydrogen-bond acceptors (Lipinski definition) is 2. The number of unbranched alkanes of at least 4 members (excludes halogenated alkanes) is 19. The number of rotatable bonds is 22. The molecular weight excluding hydrogens is 416 g/mol. The molecule has 1 radical (unpaired) electrons. The summed E-state index contributed by atoms with van der Waals surface area (Å²) >= 11 is 0. The molecule has 3 nitrogen and oxygen atoms in total. The molecular formula is C31H63N2O. The first-order valence-corrected chi connectivity index (χ1v) is 15.5. The zero-order valence-electron chi connectivity index (χ0n) is 24.2. The zero-order valence-corrected chi connectivity index (χ0v) is 24.2. The molecule has 1 aliphatic rings. The molecule has 0 unspecified atom stereocenters. The van der Waals surface area contributed by atoms with Gasteiger partial charge in [-0.3, -0.25) is 0 Å². The van der Waals surface area contributed by atoms with E-state index in [0.29, 0.717) is 6.04 Å². The van der Waals surface area contributed by atoms with Crippen LogP contribution in [-0.2, 0) is 5.21 Å². The maximum absolute atomic E-state index is 12.5. The second kappa shape index (κ2) is 19.1. The maximum Gasteiger partial charge on any atom is 0.0458 e. The van der Waals surface area contributed by atoms with Gasteiger partial charge >= 0.3 is 0 Å². The molecule has 1 rings (SSSR count). The van der Waals surface area contributed by atoms with Gasteiger partial charge in [0.2, 0.25) is 0 Å². The Balaban J connectivity index is 1.79. The van der Waals surface area contributed by atoms with E-state index in [9.17, 15) is 5.21 Å². The van der Waals surface area contributed by atoms with Crippen LogP contribution in [0.1, 0.15) is 176 Å². The van der Waals surface area contributed by atoms with Crippen LogP contribution in [0.15, 0.2) is 0 Å². The number of nitrogens with zero attached hydrogens (tertiary/aromatic N) is 1. The van der Waals surface area contributed by atoms with E-state index in [4.69, 9.17) is 0 Å². The Hall–Kier alpha value is -0.120. The third kappa shape index (κ3) is 15.1. The van der Waals surface area contributed by atoms with Crippen molar-refractivity contribution in [1.29, 1.82) is 0 Å². The van der Waals surface area contributed by atoms with E-state index in [1.54, 1.807) is 0 Å². The highest BCUT2D eigenvalue weighted by molar-refractivity contribution is 4.98. The molecule has 1 saturated heterocycles. The molecule has 1 fully saturated rings. The molecule has 0 bridgehead atoms. The number of hydroxylamine groups is 2. The summed E-state index contributed by atoms with van der Waals surface area (Å²) in [5.74, 6) is 0. The summed E-state index contributed by atoms with van der Waals surface area (Å²) in [6, 6.07) is 0.482. The van der Waals surface area contributed by atoms with Crippen LogP contribution in [0, 0.1) is 0 Å². The SMILES string of the molecule is CCCCCCCCCCCCCCCCCCCCCCNC1CC(C)(C)N([O])C(C)(C)C1. The normalized spacial score (nSPS) is 18.5. The highest BCUT2D eigenvalue weighted by Gasteiger charge is 2.45. The fourth-order valence-corrected chi connectivity index (χ4v) is 6.09. The number of hydrogen-bond donors (Lipinski definition) is 1. The highest BCUT2D eigenvalue weighted by atomic mass is 16.5. The molecule has 0 saturated carbocycles. The molecule has 203 valence electrons. The predicted octanol–water partition coefficient (Wildman–Crippen LogP) is 9.76. The summed E-state index contributed by atoms with van der Waals surface area (Å²) in [5, 5.41) is 17.5. The first-order valence-electron chi connectivity index (χ1n) is 15.5. The van der Waals surface area contributed by atoms with Crippen molar-refractivity contribution in [2.24, 2.45) is 0 Å². The van der Waals surface area contributed by atoms with Crippen molar-refractivity contribution in [3.05, 3.63) is 0 Å². The lowest BCUT2D eigenvalue weighted by Crippen LogP contribution is -2.61. The van der Waals surface area contributed by atoms with Crippen LogP contribution in [0.2, 0.25) is 0 Å². The van der Waals surface area contributed by atoms with Crippen LogP contribution >= 0.6 is 0 Å². The summed E-state index contributed by atoms with van der Waals surface area (Å²) in [6.45, 7) is 11.8.